The molecule has 0 bridgehead atoms. The van der Waals surface area contributed by atoms with E-state index < -0.39 is 5.97 Å². The maximum atomic E-state index is 11.4. The number of aliphatic hydroxyl groups excluding tert-OH is 1. The molecule has 0 aromatic heterocycles. The zero-order valence-electron chi connectivity index (χ0n) is 8.16. The molecule has 1 N–H and O–H groups in total. The van der Waals surface area contributed by atoms with E-state index in [0.717, 1.165) is 5.57 Å². The van der Waals surface area contributed by atoms with Gasteiger partial charge in [-0.15, -0.1) is 0 Å². The Hall–Kier alpha value is -1.58. The molecule has 1 aliphatic carbocycles. The number of ketones is 1. The molecule has 0 aliphatic heterocycles. The Morgan fingerprint density at radius 3 is 2.79 bits per heavy atom. The minimum Gasteiger partial charge on any atom is -0.507 e. The highest BCUT2D eigenvalue weighted by Gasteiger charge is 2.26. The van der Waals surface area contributed by atoms with Gasteiger partial charge in [0.25, 0.3) is 0 Å². The second-order valence-electron chi connectivity index (χ2n) is 3.07. The fraction of sp³-hybridized carbons (Fsp3) is 0.400. The molecule has 0 saturated carbocycles. The van der Waals surface area contributed by atoms with Gasteiger partial charge in [0.2, 0.25) is 0 Å². The van der Waals surface area contributed by atoms with Gasteiger partial charge in [-0.25, -0.2) is 4.79 Å². The standard InChI is InChI=1S/C10H12O4/c1-3-14-10(13)9-7(11)4-6(2)5-8(9)12/h4,11H,3,5H2,1-2H3. The number of carbonyl (C=O) groups excluding carboxylic acids is 2. The van der Waals surface area contributed by atoms with Crippen LogP contribution in [0.1, 0.15) is 20.3 Å². The molecule has 0 unspecified atom stereocenters. The molecular formula is C10H12O4. The third-order valence-corrected chi connectivity index (χ3v) is 1.84. The van der Waals surface area contributed by atoms with E-state index in [9.17, 15) is 14.7 Å². The molecule has 0 aromatic carbocycles. The van der Waals surface area contributed by atoms with E-state index in [1.54, 1.807) is 13.8 Å². The molecule has 0 spiro atoms. The first-order valence-corrected chi connectivity index (χ1v) is 4.37. The van der Waals surface area contributed by atoms with Crippen molar-refractivity contribution >= 4 is 11.8 Å². The lowest BCUT2D eigenvalue weighted by Gasteiger charge is -2.12. The van der Waals surface area contributed by atoms with Gasteiger partial charge >= 0.3 is 5.97 Å². The number of rotatable bonds is 2. The molecule has 0 aromatic rings. The van der Waals surface area contributed by atoms with Gasteiger partial charge in [-0.05, 0) is 19.9 Å². The molecule has 0 atom stereocenters. The second kappa shape index (κ2) is 4.09. The molecule has 14 heavy (non-hydrogen) atoms. The van der Waals surface area contributed by atoms with Crippen LogP contribution in [0.4, 0.5) is 0 Å². The van der Waals surface area contributed by atoms with Crippen LogP contribution in [0.2, 0.25) is 0 Å². The third-order valence-electron chi connectivity index (χ3n) is 1.84. The van der Waals surface area contributed by atoms with Crippen molar-refractivity contribution < 1.29 is 19.4 Å². The number of Topliss-reactive ketones (excluding diaryl/α,β-unsaturated/α-hetero) is 1. The third kappa shape index (κ3) is 2.02. The summed E-state index contributed by atoms with van der Waals surface area (Å²) in [6, 6.07) is 0. The smallest absolute Gasteiger partial charge is 0.345 e. The summed E-state index contributed by atoms with van der Waals surface area (Å²) in [4.78, 5) is 22.6. The molecule has 0 heterocycles. The van der Waals surface area contributed by atoms with Crippen molar-refractivity contribution in [1.82, 2.24) is 0 Å². The Bertz CT molecular complexity index is 336. The first-order valence-electron chi connectivity index (χ1n) is 4.37. The van der Waals surface area contributed by atoms with Crippen molar-refractivity contribution in [2.24, 2.45) is 0 Å². The van der Waals surface area contributed by atoms with Gasteiger partial charge in [-0.3, -0.25) is 4.79 Å². The molecule has 0 saturated heterocycles. The van der Waals surface area contributed by atoms with Crippen LogP contribution in [0.15, 0.2) is 23.0 Å². The Kier molecular flexibility index (Phi) is 3.06. The maximum absolute atomic E-state index is 11.4. The van der Waals surface area contributed by atoms with Gasteiger partial charge in [-0.2, -0.15) is 0 Å². The Balaban J connectivity index is 3.00. The zero-order chi connectivity index (χ0) is 10.7. The van der Waals surface area contributed by atoms with Gasteiger partial charge in [0.1, 0.15) is 11.3 Å². The lowest BCUT2D eigenvalue weighted by Crippen LogP contribution is -2.20. The van der Waals surface area contributed by atoms with Crippen LogP contribution in [0.25, 0.3) is 0 Å². The van der Waals surface area contributed by atoms with Gasteiger partial charge < -0.3 is 9.84 Å². The summed E-state index contributed by atoms with van der Waals surface area (Å²) < 4.78 is 4.65. The van der Waals surface area contributed by atoms with Gasteiger partial charge in [0.15, 0.2) is 5.78 Å². The summed E-state index contributed by atoms with van der Waals surface area (Å²) in [5, 5.41) is 9.39. The molecule has 1 rings (SSSR count). The number of carbonyl (C=O) groups is 2. The summed E-state index contributed by atoms with van der Waals surface area (Å²) in [7, 11) is 0. The first kappa shape index (κ1) is 10.5. The Morgan fingerprint density at radius 1 is 1.64 bits per heavy atom. The van der Waals surface area contributed by atoms with E-state index in [-0.39, 0.29) is 30.1 Å². The van der Waals surface area contributed by atoms with Gasteiger partial charge in [-0.1, -0.05) is 5.57 Å². The maximum Gasteiger partial charge on any atom is 0.345 e. The average molecular weight is 196 g/mol. The van der Waals surface area contributed by atoms with E-state index in [1.807, 2.05) is 0 Å². The summed E-state index contributed by atoms with van der Waals surface area (Å²) in [5.41, 5.74) is 0.498. The van der Waals surface area contributed by atoms with Crippen LogP contribution in [0.3, 0.4) is 0 Å². The van der Waals surface area contributed by atoms with E-state index in [0.29, 0.717) is 0 Å². The molecule has 4 heteroatoms. The monoisotopic (exact) mass is 196 g/mol. The number of esters is 1. The average Bonchev–Trinajstić information content (AvgIpc) is 2.01. The summed E-state index contributed by atoms with van der Waals surface area (Å²) in [5.74, 6) is -1.43. The lowest BCUT2D eigenvalue weighted by molar-refractivity contribution is -0.140. The van der Waals surface area contributed by atoms with E-state index in [2.05, 4.69) is 4.74 Å². The van der Waals surface area contributed by atoms with Crippen molar-refractivity contribution in [3.63, 3.8) is 0 Å². The van der Waals surface area contributed by atoms with Crippen LogP contribution >= 0.6 is 0 Å². The number of allylic oxidation sites excluding steroid dienone is 2. The van der Waals surface area contributed by atoms with E-state index in [4.69, 9.17) is 0 Å². The highest BCUT2D eigenvalue weighted by Crippen LogP contribution is 2.20. The van der Waals surface area contributed by atoms with E-state index >= 15 is 0 Å². The minimum atomic E-state index is -0.751. The Morgan fingerprint density at radius 2 is 2.29 bits per heavy atom. The zero-order valence-corrected chi connectivity index (χ0v) is 8.16. The van der Waals surface area contributed by atoms with Crippen molar-refractivity contribution in [3.8, 4) is 0 Å². The van der Waals surface area contributed by atoms with Gasteiger partial charge in [0.05, 0.1) is 6.61 Å². The lowest BCUT2D eigenvalue weighted by atomic mass is 9.97. The molecule has 1 aliphatic rings. The molecule has 0 amide bonds. The summed E-state index contributed by atoms with van der Waals surface area (Å²) in [6.45, 7) is 3.55. The largest absolute Gasteiger partial charge is 0.507 e. The molecule has 0 radical (unpaired) electrons. The quantitative estimate of drug-likeness (QED) is 0.533. The van der Waals surface area contributed by atoms with Crippen molar-refractivity contribution in [2.45, 2.75) is 20.3 Å². The molecule has 4 nitrogen and oxygen atoms in total. The first-order chi connectivity index (χ1) is 6.56. The molecule has 0 fully saturated rings. The van der Waals surface area contributed by atoms with Crippen LogP contribution in [0, 0.1) is 0 Å². The molecular weight excluding hydrogens is 184 g/mol. The fourth-order valence-electron chi connectivity index (χ4n) is 1.26. The molecule has 76 valence electrons. The minimum absolute atomic E-state index is 0.165. The van der Waals surface area contributed by atoms with Crippen molar-refractivity contribution in [1.29, 1.82) is 0 Å². The Labute approximate surface area is 81.9 Å². The van der Waals surface area contributed by atoms with Crippen LogP contribution in [-0.4, -0.2) is 23.5 Å². The predicted molar refractivity (Wildman–Crippen MR) is 49.7 cm³/mol. The second-order valence-corrected chi connectivity index (χ2v) is 3.07. The SMILES string of the molecule is CCOC(=O)C1=C(O)C=C(C)CC1=O. The highest BCUT2D eigenvalue weighted by molar-refractivity contribution is 6.19. The number of hydrogen-bond acceptors (Lipinski definition) is 4. The van der Waals surface area contributed by atoms with Crippen molar-refractivity contribution in [3.05, 3.63) is 23.0 Å². The fourth-order valence-corrected chi connectivity index (χ4v) is 1.26. The van der Waals surface area contributed by atoms with Gasteiger partial charge in [0, 0.05) is 6.42 Å². The number of hydrogen-bond donors (Lipinski definition) is 1. The van der Waals surface area contributed by atoms with Crippen LogP contribution < -0.4 is 0 Å². The van der Waals surface area contributed by atoms with E-state index in [1.165, 1.54) is 6.08 Å². The van der Waals surface area contributed by atoms with Crippen LogP contribution in [-0.2, 0) is 14.3 Å². The normalized spacial score (nSPS) is 16.7. The van der Waals surface area contributed by atoms with Crippen LogP contribution in [0.5, 0.6) is 0 Å². The number of ether oxygens (including phenoxy) is 1. The summed E-state index contributed by atoms with van der Waals surface area (Å²) >= 11 is 0. The highest BCUT2D eigenvalue weighted by atomic mass is 16.5. The van der Waals surface area contributed by atoms with Crippen molar-refractivity contribution in [2.75, 3.05) is 6.61 Å². The number of aliphatic hydroxyl groups is 1. The summed E-state index contributed by atoms with van der Waals surface area (Å²) in [6.07, 6.45) is 1.58. The predicted octanol–water partition coefficient (Wildman–Crippen LogP) is 1.28. The topological polar surface area (TPSA) is 63.6 Å².